The number of pyridine rings is 1. The molecular weight excluding hydrogens is 228 g/mol. The van der Waals surface area contributed by atoms with Crippen LogP contribution in [0.5, 0.6) is 5.88 Å². The highest BCUT2D eigenvalue weighted by atomic mass is 16.5. The van der Waals surface area contributed by atoms with Gasteiger partial charge in [-0.2, -0.15) is 4.98 Å². The van der Waals surface area contributed by atoms with Gasteiger partial charge in [-0.25, -0.2) is 4.98 Å². The molecule has 2 aromatic heterocycles. The van der Waals surface area contributed by atoms with Crippen LogP contribution in [-0.2, 0) is 5.54 Å². The number of nitrogens with two attached hydrogens (primary N) is 1. The number of nitrogens with one attached hydrogen (secondary N) is 1. The molecule has 0 atom stereocenters. The number of aromatic nitrogens is 3. The summed E-state index contributed by atoms with van der Waals surface area (Å²) < 4.78 is 5.38. The maximum Gasteiger partial charge on any atom is 0.215 e. The second-order valence-corrected chi connectivity index (χ2v) is 4.90. The van der Waals surface area contributed by atoms with Gasteiger partial charge in [0.1, 0.15) is 5.82 Å². The third-order valence-electron chi connectivity index (χ3n) is 3.58. The van der Waals surface area contributed by atoms with Gasteiger partial charge in [-0.1, -0.05) is 12.8 Å². The van der Waals surface area contributed by atoms with Crippen molar-refractivity contribution in [3.8, 4) is 5.88 Å². The summed E-state index contributed by atoms with van der Waals surface area (Å²) >= 11 is 0. The lowest BCUT2D eigenvalue weighted by Gasteiger charge is -2.19. The number of H-pyrrole nitrogens is 1. The van der Waals surface area contributed by atoms with Gasteiger partial charge in [0.05, 0.1) is 17.7 Å². The van der Waals surface area contributed by atoms with E-state index < -0.39 is 0 Å². The lowest BCUT2D eigenvalue weighted by atomic mass is 9.99. The van der Waals surface area contributed by atoms with Crippen LogP contribution in [0.3, 0.4) is 0 Å². The van der Waals surface area contributed by atoms with Crippen molar-refractivity contribution in [3.63, 3.8) is 0 Å². The predicted molar refractivity (Wildman–Crippen MR) is 69.4 cm³/mol. The Morgan fingerprint density at radius 3 is 2.83 bits per heavy atom. The van der Waals surface area contributed by atoms with Crippen LogP contribution in [0, 0.1) is 0 Å². The highest BCUT2D eigenvalue weighted by Crippen LogP contribution is 2.35. The minimum Gasteiger partial charge on any atom is -0.478 e. The number of hydrogen-bond donors (Lipinski definition) is 2. The van der Waals surface area contributed by atoms with E-state index in [4.69, 9.17) is 10.5 Å². The van der Waals surface area contributed by atoms with Crippen molar-refractivity contribution in [2.45, 2.75) is 38.1 Å². The first kappa shape index (κ1) is 11.5. The average Bonchev–Trinajstić information content (AvgIpc) is 2.96. The Labute approximate surface area is 106 Å². The molecule has 0 aromatic carbocycles. The third-order valence-corrected chi connectivity index (χ3v) is 3.58. The molecule has 0 amide bonds. The Balaban J connectivity index is 2.00. The highest BCUT2D eigenvalue weighted by Gasteiger charge is 2.34. The first-order valence-electron chi connectivity index (χ1n) is 6.50. The smallest absolute Gasteiger partial charge is 0.215 e. The zero-order valence-corrected chi connectivity index (χ0v) is 10.6. The fraction of sp³-hybridized carbons (Fsp3) is 0.538. The van der Waals surface area contributed by atoms with Crippen LogP contribution in [0.4, 0.5) is 0 Å². The van der Waals surface area contributed by atoms with Crippen LogP contribution in [0.2, 0.25) is 0 Å². The fourth-order valence-corrected chi connectivity index (χ4v) is 2.58. The van der Waals surface area contributed by atoms with Crippen LogP contribution >= 0.6 is 0 Å². The average molecular weight is 246 g/mol. The van der Waals surface area contributed by atoms with Gasteiger partial charge in [0.2, 0.25) is 5.88 Å². The van der Waals surface area contributed by atoms with Crippen LogP contribution in [-0.4, -0.2) is 21.6 Å². The minimum atomic E-state index is -0.299. The van der Waals surface area contributed by atoms with E-state index in [1.807, 2.05) is 19.1 Å². The lowest BCUT2D eigenvalue weighted by Crippen LogP contribution is -2.34. The fourth-order valence-electron chi connectivity index (χ4n) is 2.58. The topological polar surface area (TPSA) is 76.8 Å². The molecular formula is C13H18N4O. The Hall–Kier alpha value is -1.62. The Kier molecular flexibility index (Phi) is 2.70. The summed E-state index contributed by atoms with van der Waals surface area (Å²) in [6.45, 7) is 2.55. The van der Waals surface area contributed by atoms with Crippen LogP contribution in [0.15, 0.2) is 12.1 Å². The van der Waals surface area contributed by atoms with Gasteiger partial charge in [-0.3, -0.25) is 0 Å². The van der Waals surface area contributed by atoms with E-state index in [0.29, 0.717) is 18.1 Å². The molecule has 0 unspecified atom stereocenters. The molecule has 0 aliphatic heterocycles. The van der Waals surface area contributed by atoms with Gasteiger partial charge < -0.3 is 15.5 Å². The summed E-state index contributed by atoms with van der Waals surface area (Å²) in [4.78, 5) is 12.2. The summed E-state index contributed by atoms with van der Waals surface area (Å²) in [6.07, 6.45) is 4.33. The molecule has 3 N–H and O–H groups in total. The van der Waals surface area contributed by atoms with Crippen molar-refractivity contribution in [1.82, 2.24) is 15.0 Å². The summed E-state index contributed by atoms with van der Waals surface area (Å²) in [7, 11) is 0. The zero-order chi connectivity index (χ0) is 12.6. The van der Waals surface area contributed by atoms with E-state index >= 15 is 0 Å². The Morgan fingerprint density at radius 2 is 2.11 bits per heavy atom. The van der Waals surface area contributed by atoms with Crippen LogP contribution in [0.25, 0.3) is 11.2 Å². The summed E-state index contributed by atoms with van der Waals surface area (Å²) in [5.41, 5.74) is 7.70. The second-order valence-electron chi connectivity index (χ2n) is 4.90. The lowest BCUT2D eigenvalue weighted by molar-refractivity contribution is 0.328. The van der Waals surface area contributed by atoms with E-state index in [-0.39, 0.29) is 5.54 Å². The molecule has 0 radical (unpaired) electrons. The maximum absolute atomic E-state index is 6.39. The number of rotatable bonds is 3. The van der Waals surface area contributed by atoms with E-state index in [2.05, 4.69) is 15.0 Å². The van der Waals surface area contributed by atoms with E-state index in [9.17, 15) is 0 Å². The maximum atomic E-state index is 6.39. The second kappa shape index (κ2) is 4.24. The summed E-state index contributed by atoms with van der Waals surface area (Å²) in [6, 6.07) is 3.80. The molecule has 2 aromatic rings. The quantitative estimate of drug-likeness (QED) is 0.869. The summed E-state index contributed by atoms with van der Waals surface area (Å²) in [5.74, 6) is 1.47. The van der Waals surface area contributed by atoms with Gasteiger partial charge in [-0.05, 0) is 25.8 Å². The predicted octanol–water partition coefficient (Wildman–Crippen LogP) is 2.08. The molecule has 5 heteroatoms. The molecule has 96 valence electrons. The van der Waals surface area contributed by atoms with Gasteiger partial charge in [0.15, 0.2) is 5.65 Å². The first-order chi connectivity index (χ1) is 8.71. The van der Waals surface area contributed by atoms with E-state index in [0.717, 1.165) is 24.2 Å². The van der Waals surface area contributed by atoms with Crippen LogP contribution in [0.1, 0.15) is 38.4 Å². The van der Waals surface area contributed by atoms with Crippen molar-refractivity contribution in [1.29, 1.82) is 0 Å². The van der Waals surface area contributed by atoms with Crippen molar-refractivity contribution in [2.75, 3.05) is 6.61 Å². The van der Waals surface area contributed by atoms with Gasteiger partial charge in [-0.15, -0.1) is 0 Å². The molecule has 5 nitrogen and oxygen atoms in total. The first-order valence-corrected chi connectivity index (χ1v) is 6.50. The standard InChI is InChI=1S/C13H18N4O/c1-2-18-10-6-5-9-11(16-10)17-12(15-9)13(14)7-3-4-8-13/h5-6H,2-4,7-8,14H2,1H3,(H,15,16,17). The molecule has 1 fully saturated rings. The number of imidazole rings is 1. The number of fused-ring (bicyclic) bond motifs is 1. The van der Waals surface area contributed by atoms with Gasteiger partial charge >= 0.3 is 0 Å². The number of aromatic amines is 1. The van der Waals surface area contributed by atoms with E-state index in [1.165, 1.54) is 12.8 Å². The SMILES string of the molecule is CCOc1ccc2[nH]c(C3(N)CCCC3)nc2n1. The minimum absolute atomic E-state index is 0.299. The third kappa shape index (κ3) is 1.84. The molecule has 3 rings (SSSR count). The molecule has 18 heavy (non-hydrogen) atoms. The van der Waals surface area contributed by atoms with Crippen molar-refractivity contribution in [2.24, 2.45) is 5.73 Å². The van der Waals surface area contributed by atoms with Gasteiger partial charge in [0.25, 0.3) is 0 Å². The van der Waals surface area contributed by atoms with Gasteiger partial charge in [0, 0.05) is 6.07 Å². The normalized spacial score (nSPS) is 18.3. The molecule has 2 heterocycles. The number of nitrogens with zero attached hydrogens (tertiary/aromatic N) is 2. The zero-order valence-electron chi connectivity index (χ0n) is 10.6. The van der Waals surface area contributed by atoms with Crippen molar-refractivity contribution >= 4 is 11.2 Å². The molecule has 1 aliphatic rings. The summed E-state index contributed by atoms with van der Waals surface area (Å²) in [5, 5.41) is 0. The Morgan fingerprint density at radius 1 is 1.33 bits per heavy atom. The van der Waals surface area contributed by atoms with Crippen molar-refractivity contribution < 1.29 is 4.74 Å². The molecule has 1 saturated carbocycles. The van der Waals surface area contributed by atoms with Crippen LogP contribution < -0.4 is 10.5 Å². The Bertz CT molecular complexity index is 557. The van der Waals surface area contributed by atoms with Crippen molar-refractivity contribution in [3.05, 3.63) is 18.0 Å². The molecule has 0 bridgehead atoms. The van der Waals surface area contributed by atoms with E-state index in [1.54, 1.807) is 0 Å². The monoisotopic (exact) mass is 246 g/mol. The highest BCUT2D eigenvalue weighted by molar-refractivity contribution is 5.71. The number of hydrogen-bond acceptors (Lipinski definition) is 4. The molecule has 0 saturated heterocycles. The number of ether oxygens (including phenoxy) is 1. The molecule has 0 spiro atoms. The largest absolute Gasteiger partial charge is 0.478 e. The molecule has 1 aliphatic carbocycles.